The minimum Gasteiger partial charge on any atom is -0.497 e. The van der Waals surface area contributed by atoms with E-state index in [1.165, 1.54) is 0 Å². The van der Waals surface area contributed by atoms with Gasteiger partial charge in [0.2, 0.25) is 5.91 Å². The molecule has 2 heterocycles. The normalized spacial score (nSPS) is 14.7. The van der Waals surface area contributed by atoms with Gasteiger partial charge in [-0.3, -0.25) is 9.59 Å². The molecule has 0 radical (unpaired) electrons. The highest BCUT2D eigenvalue weighted by atomic mass is 16.5. The van der Waals surface area contributed by atoms with Gasteiger partial charge < -0.3 is 15.0 Å². The second-order valence-electron chi connectivity index (χ2n) is 6.15. The van der Waals surface area contributed by atoms with Crippen molar-refractivity contribution in [3.05, 3.63) is 58.7 Å². The summed E-state index contributed by atoms with van der Waals surface area (Å²) in [6, 6.07) is 11.4. The van der Waals surface area contributed by atoms with Crippen LogP contribution < -0.4 is 15.0 Å². The highest BCUT2D eigenvalue weighted by Gasteiger charge is 2.34. The van der Waals surface area contributed by atoms with E-state index in [0.29, 0.717) is 18.5 Å². The molecule has 2 amide bonds. The number of benzene rings is 2. The van der Waals surface area contributed by atoms with Crippen LogP contribution in [0.1, 0.15) is 27.0 Å². The number of amides is 2. The van der Waals surface area contributed by atoms with Crippen LogP contribution in [0.15, 0.2) is 36.4 Å². The molecule has 1 N–H and O–H groups in total. The Morgan fingerprint density at radius 3 is 2.71 bits per heavy atom. The second kappa shape index (κ2) is 5.67. The zero-order valence-electron chi connectivity index (χ0n) is 13.5. The van der Waals surface area contributed by atoms with E-state index in [9.17, 15) is 9.59 Å². The summed E-state index contributed by atoms with van der Waals surface area (Å²) in [7, 11) is 1.63. The van der Waals surface area contributed by atoms with Crippen molar-refractivity contribution >= 4 is 17.5 Å². The van der Waals surface area contributed by atoms with Crippen molar-refractivity contribution in [3.63, 3.8) is 0 Å². The number of nitrogens with zero attached hydrogens (tertiary/aromatic N) is 1. The summed E-state index contributed by atoms with van der Waals surface area (Å²) in [6.07, 6.45) is 1.23. The molecule has 24 heavy (non-hydrogen) atoms. The molecular weight excluding hydrogens is 304 g/mol. The number of hydrogen-bond acceptors (Lipinski definition) is 3. The maximum atomic E-state index is 12.5. The Kier molecular flexibility index (Phi) is 3.49. The molecule has 2 aliphatic heterocycles. The Bertz CT molecular complexity index is 827. The smallest absolute Gasteiger partial charge is 0.251 e. The topological polar surface area (TPSA) is 58.6 Å². The van der Waals surface area contributed by atoms with E-state index in [1.807, 2.05) is 41.3 Å². The van der Waals surface area contributed by atoms with Gasteiger partial charge in [-0.1, -0.05) is 12.1 Å². The minimum atomic E-state index is -0.109. The van der Waals surface area contributed by atoms with Gasteiger partial charge in [0.05, 0.1) is 19.2 Å². The predicted molar refractivity (Wildman–Crippen MR) is 90.4 cm³/mol. The summed E-state index contributed by atoms with van der Waals surface area (Å²) in [4.78, 5) is 26.3. The molecule has 0 spiro atoms. The number of hydrogen-bond donors (Lipinski definition) is 1. The Balaban J connectivity index is 1.49. The SMILES string of the molecule is COc1ccc(CNC(=O)c2cc3c4c(c2)CC(=O)N4CC3)cc1. The monoisotopic (exact) mass is 322 g/mol. The summed E-state index contributed by atoms with van der Waals surface area (Å²) in [5.74, 6) is 0.822. The van der Waals surface area contributed by atoms with Gasteiger partial charge in [0.25, 0.3) is 5.91 Å². The van der Waals surface area contributed by atoms with Crippen LogP contribution in [0.2, 0.25) is 0 Å². The summed E-state index contributed by atoms with van der Waals surface area (Å²) >= 11 is 0. The quantitative estimate of drug-likeness (QED) is 0.937. The van der Waals surface area contributed by atoms with E-state index in [0.717, 1.165) is 41.1 Å². The molecular formula is C19H18N2O3. The second-order valence-corrected chi connectivity index (χ2v) is 6.15. The molecule has 0 aliphatic carbocycles. The number of methoxy groups -OCH3 is 1. The molecule has 5 heteroatoms. The summed E-state index contributed by atoms with van der Waals surface area (Å²) in [5, 5.41) is 2.94. The average molecular weight is 322 g/mol. The first-order chi connectivity index (χ1) is 11.7. The lowest BCUT2D eigenvalue weighted by Crippen LogP contribution is -2.24. The third kappa shape index (κ3) is 2.42. The Hall–Kier alpha value is -2.82. The van der Waals surface area contributed by atoms with E-state index in [2.05, 4.69) is 5.32 Å². The van der Waals surface area contributed by atoms with Crippen LogP contribution in [-0.4, -0.2) is 25.5 Å². The Morgan fingerprint density at radius 1 is 1.21 bits per heavy atom. The molecule has 2 aromatic carbocycles. The van der Waals surface area contributed by atoms with Crippen molar-refractivity contribution in [1.29, 1.82) is 0 Å². The molecule has 0 unspecified atom stereocenters. The van der Waals surface area contributed by atoms with Crippen LogP contribution in [0.25, 0.3) is 0 Å². The van der Waals surface area contributed by atoms with Crippen molar-refractivity contribution in [1.82, 2.24) is 5.32 Å². The largest absolute Gasteiger partial charge is 0.497 e. The maximum absolute atomic E-state index is 12.5. The standard InChI is InChI=1S/C19H18N2O3/c1-24-16-4-2-12(3-5-16)11-20-19(23)15-8-13-6-7-21-17(22)10-14(9-15)18(13)21/h2-5,8-9H,6-7,10-11H2,1H3,(H,20,23). The Labute approximate surface area is 140 Å². The van der Waals surface area contributed by atoms with Gasteiger partial charge in [-0.2, -0.15) is 0 Å². The number of rotatable bonds is 4. The lowest BCUT2D eigenvalue weighted by atomic mass is 10.0. The molecule has 0 aromatic heterocycles. The molecule has 122 valence electrons. The van der Waals surface area contributed by atoms with Gasteiger partial charge in [-0.25, -0.2) is 0 Å². The van der Waals surface area contributed by atoms with Crippen molar-refractivity contribution in [2.24, 2.45) is 0 Å². The maximum Gasteiger partial charge on any atom is 0.251 e. The fourth-order valence-corrected chi connectivity index (χ4v) is 3.44. The number of nitrogens with one attached hydrogen (secondary N) is 1. The van der Waals surface area contributed by atoms with E-state index in [1.54, 1.807) is 7.11 Å². The van der Waals surface area contributed by atoms with Crippen LogP contribution in [0.5, 0.6) is 5.75 Å². The molecule has 5 nitrogen and oxygen atoms in total. The molecule has 2 aliphatic rings. The summed E-state index contributed by atoms with van der Waals surface area (Å²) in [5.41, 5.74) is 4.76. The fourth-order valence-electron chi connectivity index (χ4n) is 3.44. The molecule has 0 bridgehead atoms. The molecule has 0 fully saturated rings. The third-order valence-electron chi connectivity index (χ3n) is 4.66. The van der Waals surface area contributed by atoms with Gasteiger partial charge in [0.1, 0.15) is 5.75 Å². The van der Waals surface area contributed by atoms with E-state index < -0.39 is 0 Å². The lowest BCUT2D eigenvalue weighted by molar-refractivity contribution is -0.117. The van der Waals surface area contributed by atoms with Crippen LogP contribution >= 0.6 is 0 Å². The van der Waals surface area contributed by atoms with Gasteiger partial charge in [0, 0.05) is 18.7 Å². The zero-order valence-corrected chi connectivity index (χ0v) is 13.5. The van der Waals surface area contributed by atoms with Crippen LogP contribution in [-0.2, 0) is 24.2 Å². The van der Waals surface area contributed by atoms with Crippen LogP contribution in [0, 0.1) is 0 Å². The first-order valence-electron chi connectivity index (χ1n) is 8.03. The third-order valence-corrected chi connectivity index (χ3v) is 4.66. The number of carbonyl (C=O) groups excluding carboxylic acids is 2. The van der Waals surface area contributed by atoms with Gasteiger partial charge in [-0.15, -0.1) is 0 Å². The lowest BCUT2D eigenvalue weighted by Gasteiger charge is -2.10. The first kappa shape index (κ1) is 14.8. The van der Waals surface area contributed by atoms with Crippen LogP contribution in [0.4, 0.5) is 5.69 Å². The summed E-state index contributed by atoms with van der Waals surface area (Å²) in [6.45, 7) is 1.19. The van der Waals surface area contributed by atoms with Crippen molar-refractivity contribution < 1.29 is 14.3 Å². The molecule has 0 saturated carbocycles. The number of carbonyl (C=O) groups is 2. The minimum absolute atomic E-state index is 0.109. The first-order valence-corrected chi connectivity index (χ1v) is 8.03. The highest BCUT2D eigenvalue weighted by Crippen LogP contribution is 2.38. The van der Waals surface area contributed by atoms with Crippen molar-refractivity contribution in [2.45, 2.75) is 19.4 Å². The number of ether oxygens (including phenoxy) is 1. The van der Waals surface area contributed by atoms with Crippen molar-refractivity contribution in [2.75, 3.05) is 18.6 Å². The number of anilines is 1. The van der Waals surface area contributed by atoms with Crippen LogP contribution in [0.3, 0.4) is 0 Å². The molecule has 0 atom stereocenters. The summed E-state index contributed by atoms with van der Waals surface area (Å²) < 4.78 is 5.13. The molecule has 0 saturated heterocycles. The van der Waals surface area contributed by atoms with Gasteiger partial charge in [-0.05, 0) is 47.4 Å². The van der Waals surface area contributed by atoms with Gasteiger partial charge >= 0.3 is 0 Å². The molecule has 4 rings (SSSR count). The van der Waals surface area contributed by atoms with E-state index in [-0.39, 0.29) is 11.8 Å². The zero-order chi connectivity index (χ0) is 16.7. The Morgan fingerprint density at radius 2 is 1.96 bits per heavy atom. The average Bonchev–Trinajstić information content (AvgIpc) is 3.17. The van der Waals surface area contributed by atoms with E-state index >= 15 is 0 Å². The fraction of sp³-hybridized carbons (Fsp3) is 0.263. The predicted octanol–water partition coefficient (Wildman–Crippen LogP) is 2.07. The van der Waals surface area contributed by atoms with E-state index in [4.69, 9.17) is 4.74 Å². The van der Waals surface area contributed by atoms with Crippen molar-refractivity contribution in [3.8, 4) is 5.75 Å². The highest BCUT2D eigenvalue weighted by molar-refractivity contribution is 6.05. The molecule has 2 aromatic rings. The van der Waals surface area contributed by atoms with Gasteiger partial charge in [0.15, 0.2) is 0 Å².